The first kappa shape index (κ1) is 21.2. The van der Waals surface area contributed by atoms with Gasteiger partial charge in [-0.15, -0.1) is 12.4 Å². The quantitative estimate of drug-likeness (QED) is 0.414. The molecule has 0 bridgehead atoms. The Bertz CT molecular complexity index is 1110. The molecule has 4 aromatic rings. The summed E-state index contributed by atoms with van der Waals surface area (Å²) in [6.45, 7) is 0.784. The van der Waals surface area contributed by atoms with Crippen molar-refractivity contribution in [3.05, 3.63) is 78.6 Å². The summed E-state index contributed by atoms with van der Waals surface area (Å²) in [7, 11) is 3.22. The van der Waals surface area contributed by atoms with Crippen LogP contribution in [0.1, 0.15) is 5.56 Å². The number of ether oxygens (including phenoxy) is 2. The number of aromatic nitrogens is 2. The molecule has 0 aliphatic heterocycles. The van der Waals surface area contributed by atoms with Crippen molar-refractivity contribution < 1.29 is 9.47 Å². The molecule has 7 heteroatoms. The van der Waals surface area contributed by atoms with E-state index in [-0.39, 0.29) is 12.4 Å². The van der Waals surface area contributed by atoms with Crippen molar-refractivity contribution in [1.29, 1.82) is 0 Å². The molecule has 1 heterocycles. The molecule has 0 aliphatic carbocycles. The van der Waals surface area contributed by atoms with Gasteiger partial charge < -0.3 is 20.1 Å². The first-order chi connectivity index (χ1) is 14.3. The van der Waals surface area contributed by atoms with Crippen LogP contribution in [0.2, 0.25) is 0 Å². The Morgan fingerprint density at radius 2 is 1.47 bits per heavy atom. The highest BCUT2D eigenvalue weighted by molar-refractivity contribution is 5.93. The molecule has 1 aromatic heterocycles. The lowest BCUT2D eigenvalue weighted by Crippen LogP contribution is -2.00. The van der Waals surface area contributed by atoms with Gasteiger partial charge in [-0.2, -0.15) is 0 Å². The van der Waals surface area contributed by atoms with Crippen molar-refractivity contribution >= 4 is 40.5 Å². The summed E-state index contributed by atoms with van der Waals surface area (Å²) in [5.74, 6) is 1.98. The lowest BCUT2D eigenvalue weighted by molar-refractivity contribution is 0.356. The van der Waals surface area contributed by atoms with Gasteiger partial charge in [0.2, 0.25) is 0 Å². The van der Waals surface area contributed by atoms with E-state index < -0.39 is 0 Å². The number of nitrogens with zero attached hydrogens (tertiary/aromatic N) is 2. The molecule has 4 rings (SSSR count). The van der Waals surface area contributed by atoms with Crippen LogP contribution in [0.25, 0.3) is 10.9 Å². The molecule has 0 radical (unpaired) electrons. The summed E-state index contributed by atoms with van der Waals surface area (Å²) >= 11 is 0. The normalized spacial score (nSPS) is 10.2. The van der Waals surface area contributed by atoms with Crippen molar-refractivity contribution in [1.82, 2.24) is 9.97 Å². The third-order valence-corrected chi connectivity index (χ3v) is 4.63. The molecule has 2 N–H and O–H groups in total. The summed E-state index contributed by atoms with van der Waals surface area (Å²) < 4.78 is 10.8. The number of methoxy groups -OCH3 is 2. The predicted octanol–water partition coefficient (Wildman–Crippen LogP) is 5.42. The zero-order valence-electron chi connectivity index (χ0n) is 16.8. The number of hydrogen-bond acceptors (Lipinski definition) is 6. The molecule has 30 heavy (non-hydrogen) atoms. The average molecular weight is 423 g/mol. The van der Waals surface area contributed by atoms with E-state index in [0.717, 1.165) is 28.8 Å². The molecular formula is C23H23ClN4O2. The minimum absolute atomic E-state index is 0. The number of fused-ring (bicyclic) bond motifs is 1. The van der Waals surface area contributed by atoms with Crippen LogP contribution in [0.3, 0.4) is 0 Å². The summed E-state index contributed by atoms with van der Waals surface area (Å²) in [5, 5.41) is 7.64. The van der Waals surface area contributed by atoms with Gasteiger partial charge in [-0.05, 0) is 35.9 Å². The van der Waals surface area contributed by atoms with Crippen LogP contribution >= 0.6 is 12.4 Å². The van der Waals surface area contributed by atoms with Gasteiger partial charge in [-0.1, -0.05) is 30.3 Å². The molecule has 0 fully saturated rings. The zero-order chi connectivity index (χ0) is 20.1. The maximum atomic E-state index is 5.41. The van der Waals surface area contributed by atoms with E-state index in [1.165, 1.54) is 11.9 Å². The first-order valence-electron chi connectivity index (χ1n) is 9.28. The Balaban J connectivity index is 0.00000256. The number of rotatable bonds is 7. The number of hydrogen-bond donors (Lipinski definition) is 2. The summed E-state index contributed by atoms with van der Waals surface area (Å²) in [5.41, 5.74) is 4.01. The Morgan fingerprint density at radius 3 is 2.17 bits per heavy atom. The summed E-state index contributed by atoms with van der Waals surface area (Å²) in [6, 6.07) is 22.1. The van der Waals surface area contributed by atoms with Crippen LogP contribution in [0.5, 0.6) is 11.5 Å². The van der Waals surface area contributed by atoms with Crippen LogP contribution in [0, 0.1) is 0 Å². The fourth-order valence-corrected chi connectivity index (χ4v) is 3.09. The molecule has 0 unspecified atom stereocenters. The van der Waals surface area contributed by atoms with Crippen molar-refractivity contribution in [2.45, 2.75) is 6.54 Å². The first-order valence-corrected chi connectivity index (χ1v) is 9.28. The molecule has 6 nitrogen and oxygen atoms in total. The van der Waals surface area contributed by atoms with E-state index in [1.54, 1.807) is 14.2 Å². The van der Waals surface area contributed by atoms with E-state index >= 15 is 0 Å². The van der Waals surface area contributed by atoms with Gasteiger partial charge in [-0.3, -0.25) is 0 Å². The maximum absolute atomic E-state index is 5.41. The Morgan fingerprint density at radius 1 is 0.800 bits per heavy atom. The minimum atomic E-state index is 0. The Kier molecular flexibility index (Phi) is 6.93. The third-order valence-electron chi connectivity index (χ3n) is 4.63. The van der Waals surface area contributed by atoms with E-state index in [0.29, 0.717) is 17.3 Å². The fraction of sp³-hybridized carbons (Fsp3) is 0.130. The number of anilines is 3. The van der Waals surface area contributed by atoms with Gasteiger partial charge in [0.1, 0.15) is 12.1 Å². The number of nitrogens with one attached hydrogen (secondary N) is 2. The second-order valence-electron chi connectivity index (χ2n) is 6.49. The molecule has 0 saturated heterocycles. The van der Waals surface area contributed by atoms with Crippen molar-refractivity contribution in [2.75, 3.05) is 24.9 Å². The lowest BCUT2D eigenvalue weighted by atomic mass is 10.2. The second kappa shape index (κ2) is 9.80. The molecule has 0 saturated carbocycles. The van der Waals surface area contributed by atoms with E-state index in [1.807, 2.05) is 54.6 Å². The minimum Gasteiger partial charge on any atom is -0.493 e. The monoisotopic (exact) mass is 422 g/mol. The van der Waals surface area contributed by atoms with Gasteiger partial charge in [0.25, 0.3) is 0 Å². The van der Waals surface area contributed by atoms with Crippen LogP contribution < -0.4 is 20.1 Å². The topological polar surface area (TPSA) is 68.3 Å². The second-order valence-corrected chi connectivity index (χ2v) is 6.49. The number of halogens is 1. The molecule has 0 atom stereocenters. The van der Waals surface area contributed by atoms with Gasteiger partial charge in [0.15, 0.2) is 11.5 Å². The number of benzene rings is 3. The third kappa shape index (κ3) is 4.72. The summed E-state index contributed by atoms with van der Waals surface area (Å²) in [4.78, 5) is 8.74. The molecule has 3 aromatic carbocycles. The molecule has 154 valence electrons. The molecule has 0 aliphatic rings. The van der Waals surface area contributed by atoms with Crippen LogP contribution in [0.15, 0.2) is 73.1 Å². The maximum Gasteiger partial charge on any atom is 0.162 e. The lowest BCUT2D eigenvalue weighted by Gasteiger charge is -2.12. The average Bonchev–Trinajstić information content (AvgIpc) is 2.78. The van der Waals surface area contributed by atoms with Crippen LogP contribution in [0.4, 0.5) is 17.2 Å². The molecular weight excluding hydrogens is 400 g/mol. The van der Waals surface area contributed by atoms with E-state index in [4.69, 9.17) is 9.47 Å². The molecule has 0 amide bonds. The van der Waals surface area contributed by atoms with Crippen LogP contribution in [-0.4, -0.2) is 24.2 Å². The molecule has 0 spiro atoms. The van der Waals surface area contributed by atoms with Gasteiger partial charge >= 0.3 is 0 Å². The van der Waals surface area contributed by atoms with Crippen molar-refractivity contribution in [3.8, 4) is 11.5 Å². The summed E-state index contributed by atoms with van der Waals surface area (Å²) in [6.07, 6.45) is 1.53. The van der Waals surface area contributed by atoms with Gasteiger partial charge in [-0.25, -0.2) is 9.97 Å². The van der Waals surface area contributed by atoms with E-state index in [2.05, 4.69) is 32.7 Å². The largest absolute Gasteiger partial charge is 0.493 e. The predicted molar refractivity (Wildman–Crippen MR) is 123 cm³/mol. The SMILES string of the molecule is COc1cc2ncnc(Nc3ccc(NCc4ccccc4)cc3)c2cc1OC.Cl. The highest BCUT2D eigenvalue weighted by Gasteiger charge is 2.11. The van der Waals surface area contributed by atoms with Crippen molar-refractivity contribution in [3.63, 3.8) is 0 Å². The highest BCUT2D eigenvalue weighted by atomic mass is 35.5. The zero-order valence-corrected chi connectivity index (χ0v) is 17.6. The highest BCUT2D eigenvalue weighted by Crippen LogP contribution is 2.34. The smallest absolute Gasteiger partial charge is 0.162 e. The van der Waals surface area contributed by atoms with E-state index in [9.17, 15) is 0 Å². The standard InChI is InChI=1S/C23H22N4O2.ClH/c1-28-21-12-19-20(13-22(21)29-2)25-15-26-23(19)27-18-10-8-17(9-11-18)24-14-16-6-4-3-5-7-16;/h3-13,15,24H,14H2,1-2H3,(H,25,26,27);1H. The Hall–Kier alpha value is -3.51. The van der Waals surface area contributed by atoms with Crippen LogP contribution in [-0.2, 0) is 6.54 Å². The Labute approximate surface area is 181 Å². The van der Waals surface area contributed by atoms with Gasteiger partial charge in [0.05, 0.1) is 19.7 Å². The van der Waals surface area contributed by atoms with Gasteiger partial charge in [0, 0.05) is 29.4 Å². The fourth-order valence-electron chi connectivity index (χ4n) is 3.09. The van der Waals surface area contributed by atoms with Crippen molar-refractivity contribution in [2.24, 2.45) is 0 Å².